The summed E-state index contributed by atoms with van der Waals surface area (Å²) in [6, 6.07) is 6.40. The first-order valence-corrected chi connectivity index (χ1v) is 9.04. The highest BCUT2D eigenvalue weighted by molar-refractivity contribution is 7.89. The minimum Gasteiger partial charge on any atom is -0.429 e. The standard InChI is InChI=1S/C15H17F3N2O5S/c1-11-4-2-3-5-12(11)26(23,24)20-8-6-19(7-9-20)14(22)25-13(10-21)15(16,17)18/h2-5,10,13H,6-9H2,1H3. The second kappa shape index (κ2) is 7.62. The minimum absolute atomic E-state index is 0.0937. The molecular weight excluding hydrogens is 377 g/mol. The van der Waals surface area contributed by atoms with Crippen LogP contribution in [0.2, 0.25) is 0 Å². The highest BCUT2D eigenvalue weighted by atomic mass is 32.2. The zero-order valence-corrected chi connectivity index (χ0v) is 14.6. The van der Waals surface area contributed by atoms with Crippen molar-refractivity contribution < 1.29 is 35.9 Å². The van der Waals surface area contributed by atoms with Gasteiger partial charge in [0.25, 0.3) is 6.10 Å². The van der Waals surface area contributed by atoms with Crippen LogP contribution in [-0.2, 0) is 19.6 Å². The Balaban J connectivity index is 2.02. The van der Waals surface area contributed by atoms with Crippen LogP contribution in [0.5, 0.6) is 0 Å². The van der Waals surface area contributed by atoms with E-state index in [2.05, 4.69) is 4.74 Å². The van der Waals surface area contributed by atoms with Gasteiger partial charge in [-0.1, -0.05) is 18.2 Å². The fourth-order valence-electron chi connectivity index (χ4n) is 2.45. The first-order chi connectivity index (χ1) is 12.1. The summed E-state index contributed by atoms with van der Waals surface area (Å²) in [5.74, 6) is 0. The molecule has 1 aliphatic heterocycles. The summed E-state index contributed by atoms with van der Waals surface area (Å²) in [4.78, 5) is 23.3. The minimum atomic E-state index is -4.99. The molecule has 0 saturated carbocycles. The monoisotopic (exact) mass is 394 g/mol. The van der Waals surface area contributed by atoms with Gasteiger partial charge >= 0.3 is 12.3 Å². The van der Waals surface area contributed by atoms with Gasteiger partial charge in [0.1, 0.15) is 0 Å². The molecule has 1 atom stereocenters. The van der Waals surface area contributed by atoms with E-state index in [0.29, 0.717) is 5.56 Å². The molecule has 2 rings (SSSR count). The predicted octanol–water partition coefficient (Wildman–Crippen LogP) is 1.57. The molecule has 144 valence electrons. The highest BCUT2D eigenvalue weighted by Crippen LogP contribution is 2.23. The Morgan fingerprint density at radius 1 is 1.19 bits per heavy atom. The average molecular weight is 394 g/mol. The van der Waals surface area contributed by atoms with Crippen molar-refractivity contribution in [1.29, 1.82) is 0 Å². The third-order valence-electron chi connectivity index (χ3n) is 3.88. The Kier molecular flexibility index (Phi) is 5.91. The average Bonchev–Trinajstić information content (AvgIpc) is 2.58. The molecule has 0 radical (unpaired) electrons. The van der Waals surface area contributed by atoms with E-state index in [1.807, 2.05) is 0 Å². The van der Waals surface area contributed by atoms with Crippen molar-refractivity contribution in [1.82, 2.24) is 9.21 Å². The van der Waals surface area contributed by atoms with Crippen LogP contribution in [0.25, 0.3) is 0 Å². The molecule has 11 heteroatoms. The lowest BCUT2D eigenvalue weighted by molar-refractivity contribution is -0.199. The molecule has 1 heterocycles. The predicted molar refractivity (Wildman–Crippen MR) is 83.9 cm³/mol. The maximum atomic E-state index is 12.6. The molecule has 0 bridgehead atoms. The maximum absolute atomic E-state index is 12.6. The number of carbonyl (C=O) groups is 2. The van der Waals surface area contributed by atoms with Crippen LogP contribution in [0.4, 0.5) is 18.0 Å². The van der Waals surface area contributed by atoms with Crippen LogP contribution >= 0.6 is 0 Å². The number of halogens is 3. The van der Waals surface area contributed by atoms with Gasteiger partial charge in [-0.25, -0.2) is 13.2 Å². The van der Waals surface area contributed by atoms with Crippen LogP contribution in [-0.4, -0.2) is 68.5 Å². The number of rotatable bonds is 4. The van der Waals surface area contributed by atoms with Gasteiger partial charge < -0.3 is 9.64 Å². The van der Waals surface area contributed by atoms with Crippen molar-refractivity contribution in [3.63, 3.8) is 0 Å². The smallest absolute Gasteiger partial charge is 0.429 e. The van der Waals surface area contributed by atoms with Crippen LogP contribution in [0.15, 0.2) is 29.2 Å². The number of ether oxygens (including phenoxy) is 1. The van der Waals surface area contributed by atoms with E-state index in [1.54, 1.807) is 25.1 Å². The van der Waals surface area contributed by atoms with Gasteiger partial charge in [-0.3, -0.25) is 4.79 Å². The first-order valence-electron chi connectivity index (χ1n) is 7.60. The van der Waals surface area contributed by atoms with E-state index < -0.39 is 34.7 Å². The molecule has 1 aliphatic rings. The van der Waals surface area contributed by atoms with E-state index >= 15 is 0 Å². The Bertz CT molecular complexity index is 774. The number of hydrogen-bond donors (Lipinski definition) is 0. The Labute approximate surface area is 148 Å². The summed E-state index contributed by atoms with van der Waals surface area (Å²) >= 11 is 0. The Morgan fingerprint density at radius 3 is 2.27 bits per heavy atom. The third kappa shape index (κ3) is 4.33. The van der Waals surface area contributed by atoms with Crippen LogP contribution in [0.3, 0.4) is 0 Å². The number of benzene rings is 1. The van der Waals surface area contributed by atoms with Gasteiger partial charge in [-0.15, -0.1) is 0 Å². The molecule has 1 saturated heterocycles. The zero-order chi connectivity index (χ0) is 19.5. The second-order valence-electron chi connectivity index (χ2n) is 5.64. The number of sulfonamides is 1. The lowest BCUT2D eigenvalue weighted by atomic mass is 10.2. The van der Waals surface area contributed by atoms with Gasteiger partial charge in [0, 0.05) is 26.2 Å². The molecule has 26 heavy (non-hydrogen) atoms. The molecule has 1 aromatic rings. The Hall–Kier alpha value is -2.14. The topological polar surface area (TPSA) is 84.0 Å². The van der Waals surface area contributed by atoms with Gasteiger partial charge in [-0.2, -0.15) is 17.5 Å². The van der Waals surface area contributed by atoms with Gasteiger partial charge in [0.05, 0.1) is 4.90 Å². The van der Waals surface area contributed by atoms with Crippen LogP contribution in [0.1, 0.15) is 5.56 Å². The summed E-state index contributed by atoms with van der Waals surface area (Å²) < 4.78 is 68.0. The molecular formula is C15H17F3N2O5S. The molecule has 0 aromatic heterocycles. The van der Waals surface area contributed by atoms with Gasteiger partial charge in [0.15, 0.2) is 6.29 Å². The number of nitrogens with zero attached hydrogens (tertiary/aromatic N) is 2. The molecule has 1 aromatic carbocycles. The molecule has 1 unspecified atom stereocenters. The van der Waals surface area contributed by atoms with Crippen molar-refractivity contribution in [3.05, 3.63) is 29.8 Å². The number of carbonyl (C=O) groups excluding carboxylic acids is 2. The zero-order valence-electron chi connectivity index (χ0n) is 13.8. The van der Waals surface area contributed by atoms with Crippen molar-refractivity contribution in [2.75, 3.05) is 26.2 Å². The summed E-state index contributed by atoms with van der Waals surface area (Å²) in [7, 11) is -3.77. The van der Waals surface area contributed by atoms with Gasteiger partial charge in [-0.05, 0) is 18.6 Å². The van der Waals surface area contributed by atoms with E-state index in [0.717, 1.165) is 9.21 Å². The number of alkyl halides is 3. The maximum Gasteiger partial charge on any atom is 0.432 e. The second-order valence-corrected chi connectivity index (χ2v) is 7.55. The van der Waals surface area contributed by atoms with Crippen molar-refractivity contribution in [2.24, 2.45) is 0 Å². The summed E-state index contributed by atoms with van der Waals surface area (Å²) in [6.07, 6.45) is -9.65. The molecule has 0 spiro atoms. The normalized spacial score (nSPS) is 17.6. The Morgan fingerprint density at radius 2 is 1.77 bits per heavy atom. The SMILES string of the molecule is Cc1ccccc1S(=O)(=O)N1CCN(C(=O)OC(C=O)C(F)(F)F)CC1. The number of aryl methyl sites for hydroxylation is 1. The number of aldehydes is 1. The van der Waals surface area contributed by atoms with E-state index in [-0.39, 0.29) is 31.1 Å². The quantitative estimate of drug-likeness (QED) is 0.724. The number of amides is 1. The summed E-state index contributed by atoms with van der Waals surface area (Å²) in [6.45, 7) is 1.17. The molecule has 1 fully saturated rings. The van der Waals surface area contributed by atoms with Crippen molar-refractivity contribution in [2.45, 2.75) is 24.1 Å². The summed E-state index contributed by atoms with van der Waals surface area (Å²) in [5, 5.41) is 0. The lowest BCUT2D eigenvalue weighted by Crippen LogP contribution is -2.52. The highest BCUT2D eigenvalue weighted by Gasteiger charge is 2.44. The fraction of sp³-hybridized carbons (Fsp3) is 0.467. The molecule has 7 nitrogen and oxygen atoms in total. The first kappa shape index (κ1) is 20.2. The summed E-state index contributed by atoms with van der Waals surface area (Å²) in [5.41, 5.74) is 0.563. The number of piperazine rings is 1. The van der Waals surface area contributed by atoms with Crippen molar-refractivity contribution in [3.8, 4) is 0 Å². The largest absolute Gasteiger partial charge is 0.432 e. The van der Waals surface area contributed by atoms with E-state index in [4.69, 9.17) is 0 Å². The molecule has 0 N–H and O–H groups in total. The molecule has 0 aliphatic carbocycles. The van der Waals surface area contributed by atoms with Crippen LogP contribution < -0.4 is 0 Å². The van der Waals surface area contributed by atoms with E-state index in [9.17, 15) is 31.2 Å². The molecule has 1 amide bonds. The number of hydrogen-bond acceptors (Lipinski definition) is 5. The lowest BCUT2D eigenvalue weighted by Gasteiger charge is -2.34. The van der Waals surface area contributed by atoms with Crippen LogP contribution in [0, 0.1) is 6.92 Å². The third-order valence-corrected chi connectivity index (χ3v) is 5.94. The van der Waals surface area contributed by atoms with Crippen molar-refractivity contribution >= 4 is 22.4 Å². The van der Waals surface area contributed by atoms with E-state index in [1.165, 1.54) is 6.07 Å². The fourth-order valence-corrected chi connectivity index (χ4v) is 4.10. The van der Waals surface area contributed by atoms with Gasteiger partial charge in [0.2, 0.25) is 10.0 Å².